The van der Waals surface area contributed by atoms with Gasteiger partial charge in [0.15, 0.2) is 0 Å². The molecule has 0 bridgehead atoms. The third kappa shape index (κ3) is 3.61. The van der Waals surface area contributed by atoms with Crippen LogP contribution in [0.4, 0.5) is 17.1 Å². The molecule has 0 aliphatic rings. The minimum absolute atomic E-state index is 0.0464. The first-order valence-corrected chi connectivity index (χ1v) is 6.67. The summed E-state index contributed by atoms with van der Waals surface area (Å²) >= 11 is 5.68. The Morgan fingerprint density at radius 2 is 1.70 bits per heavy atom. The zero-order valence-electron chi connectivity index (χ0n) is 11.8. The first-order chi connectivity index (χ1) is 10.8. The van der Waals surface area contributed by atoms with Gasteiger partial charge in [0, 0.05) is 17.2 Å². The number of nitro benzene ring substituents is 2. The summed E-state index contributed by atoms with van der Waals surface area (Å²) in [7, 11) is 0. The van der Waals surface area contributed by atoms with E-state index >= 15 is 0 Å². The Balaban J connectivity index is 2.41. The molecule has 0 atom stereocenters. The number of anilines is 1. The number of hydrogen-bond acceptors (Lipinski definition) is 5. The van der Waals surface area contributed by atoms with E-state index in [1.807, 2.05) is 0 Å². The maximum atomic E-state index is 12.2. The van der Waals surface area contributed by atoms with E-state index < -0.39 is 21.4 Å². The van der Waals surface area contributed by atoms with E-state index in [-0.39, 0.29) is 22.0 Å². The quantitative estimate of drug-likeness (QED) is 0.675. The molecule has 8 nitrogen and oxygen atoms in total. The molecule has 0 saturated heterocycles. The van der Waals surface area contributed by atoms with E-state index in [1.165, 1.54) is 24.3 Å². The highest BCUT2D eigenvalue weighted by molar-refractivity contribution is 6.31. The van der Waals surface area contributed by atoms with E-state index in [1.54, 1.807) is 13.0 Å². The number of nitrogens with zero attached hydrogens (tertiary/aromatic N) is 2. The van der Waals surface area contributed by atoms with Gasteiger partial charge >= 0.3 is 0 Å². The van der Waals surface area contributed by atoms with Crippen LogP contribution in [0.25, 0.3) is 0 Å². The van der Waals surface area contributed by atoms with E-state index in [0.29, 0.717) is 5.56 Å². The Morgan fingerprint density at radius 1 is 1.04 bits per heavy atom. The number of nitro groups is 2. The zero-order chi connectivity index (χ0) is 17.1. The molecule has 0 spiro atoms. The summed E-state index contributed by atoms with van der Waals surface area (Å²) in [6.07, 6.45) is 0. The summed E-state index contributed by atoms with van der Waals surface area (Å²) in [6, 6.07) is 7.81. The van der Waals surface area contributed by atoms with Crippen LogP contribution in [0.2, 0.25) is 5.02 Å². The van der Waals surface area contributed by atoms with Gasteiger partial charge in [-0.1, -0.05) is 17.7 Å². The number of carbonyl (C=O) groups is 1. The van der Waals surface area contributed by atoms with Crippen molar-refractivity contribution in [2.45, 2.75) is 6.92 Å². The van der Waals surface area contributed by atoms with Crippen LogP contribution in [0.15, 0.2) is 36.4 Å². The fourth-order valence-electron chi connectivity index (χ4n) is 1.94. The van der Waals surface area contributed by atoms with Gasteiger partial charge in [-0.05, 0) is 30.7 Å². The Morgan fingerprint density at radius 3 is 2.30 bits per heavy atom. The molecule has 0 heterocycles. The lowest BCUT2D eigenvalue weighted by molar-refractivity contribution is -0.385. The number of amides is 1. The minimum atomic E-state index is -0.833. The summed E-state index contributed by atoms with van der Waals surface area (Å²) in [5.41, 5.74) is -0.420. The van der Waals surface area contributed by atoms with Gasteiger partial charge in [-0.15, -0.1) is 0 Å². The molecule has 1 N–H and O–H groups in total. The van der Waals surface area contributed by atoms with Crippen LogP contribution in [0.1, 0.15) is 15.9 Å². The molecule has 0 saturated carbocycles. The molecule has 9 heteroatoms. The van der Waals surface area contributed by atoms with Gasteiger partial charge in [-0.2, -0.15) is 0 Å². The summed E-state index contributed by atoms with van der Waals surface area (Å²) < 4.78 is 0. The largest absolute Gasteiger partial charge is 0.316 e. The van der Waals surface area contributed by atoms with Gasteiger partial charge in [0.25, 0.3) is 17.3 Å². The van der Waals surface area contributed by atoms with Gasteiger partial charge < -0.3 is 5.32 Å². The number of aryl methyl sites for hydroxylation is 1. The van der Waals surface area contributed by atoms with Gasteiger partial charge in [0.05, 0.1) is 9.85 Å². The second-order valence-electron chi connectivity index (χ2n) is 4.65. The molecule has 0 aromatic heterocycles. The van der Waals surface area contributed by atoms with Crippen LogP contribution < -0.4 is 5.32 Å². The lowest BCUT2D eigenvalue weighted by atomic mass is 10.1. The average molecular weight is 336 g/mol. The standard InChI is InChI=1S/C14H10ClN3O5/c1-8-2-5-11(13(6-8)18(22)23)16-14(19)10-4-3-9(15)7-12(10)17(20)21/h2-7H,1H3,(H,16,19). The van der Waals surface area contributed by atoms with Gasteiger partial charge in [0.1, 0.15) is 11.3 Å². The summed E-state index contributed by atoms with van der Waals surface area (Å²) in [6.45, 7) is 1.67. The minimum Gasteiger partial charge on any atom is -0.316 e. The lowest BCUT2D eigenvalue weighted by Crippen LogP contribution is -2.15. The highest BCUT2D eigenvalue weighted by atomic mass is 35.5. The predicted octanol–water partition coefficient (Wildman–Crippen LogP) is 3.72. The van der Waals surface area contributed by atoms with Crippen LogP contribution in [0.3, 0.4) is 0 Å². The second-order valence-corrected chi connectivity index (χ2v) is 5.09. The van der Waals surface area contributed by atoms with Gasteiger partial charge in [0.2, 0.25) is 0 Å². The number of nitrogens with one attached hydrogen (secondary N) is 1. The van der Waals surface area contributed by atoms with E-state index in [2.05, 4.69) is 5.32 Å². The number of hydrogen-bond donors (Lipinski definition) is 1. The van der Waals surface area contributed by atoms with Crippen LogP contribution in [0, 0.1) is 27.2 Å². The van der Waals surface area contributed by atoms with Crippen molar-refractivity contribution in [3.63, 3.8) is 0 Å². The van der Waals surface area contributed by atoms with Crippen LogP contribution in [-0.4, -0.2) is 15.8 Å². The topological polar surface area (TPSA) is 115 Å². The van der Waals surface area contributed by atoms with Crippen molar-refractivity contribution in [2.24, 2.45) is 0 Å². The molecule has 0 fully saturated rings. The number of carbonyl (C=O) groups excluding carboxylic acids is 1. The zero-order valence-corrected chi connectivity index (χ0v) is 12.5. The van der Waals surface area contributed by atoms with Crippen molar-refractivity contribution in [3.05, 3.63) is 72.8 Å². The Hall–Kier alpha value is -3.00. The molecular formula is C14H10ClN3O5. The normalized spacial score (nSPS) is 10.2. The lowest BCUT2D eigenvalue weighted by Gasteiger charge is -2.07. The highest BCUT2D eigenvalue weighted by Crippen LogP contribution is 2.28. The summed E-state index contributed by atoms with van der Waals surface area (Å²) in [5.74, 6) is -0.833. The monoisotopic (exact) mass is 335 g/mol. The van der Waals surface area contributed by atoms with Crippen LogP contribution in [-0.2, 0) is 0 Å². The fourth-order valence-corrected chi connectivity index (χ4v) is 2.10. The molecular weight excluding hydrogens is 326 g/mol. The Bertz CT molecular complexity index is 822. The van der Waals surface area contributed by atoms with Crippen molar-refractivity contribution < 1.29 is 14.6 Å². The molecule has 2 rings (SSSR count). The maximum Gasteiger partial charge on any atom is 0.293 e. The smallest absolute Gasteiger partial charge is 0.293 e. The van der Waals surface area contributed by atoms with Crippen molar-refractivity contribution in [3.8, 4) is 0 Å². The van der Waals surface area contributed by atoms with Crippen molar-refractivity contribution >= 4 is 34.6 Å². The van der Waals surface area contributed by atoms with Gasteiger partial charge in [-0.25, -0.2) is 0 Å². The maximum absolute atomic E-state index is 12.2. The third-order valence-corrected chi connectivity index (χ3v) is 3.23. The first kappa shape index (κ1) is 16.4. The highest BCUT2D eigenvalue weighted by Gasteiger charge is 2.23. The molecule has 0 radical (unpaired) electrons. The van der Waals surface area contributed by atoms with Crippen molar-refractivity contribution in [1.82, 2.24) is 0 Å². The van der Waals surface area contributed by atoms with E-state index in [4.69, 9.17) is 11.6 Å². The SMILES string of the molecule is Cc1ccc(NC(=O)c2ccc(Cl)cc2[N+](=O)[O-])c([N+](=O)[O-])c1. The second kappa shape index (κ2) is 6.41. The Labute approximate surface area is 135 Å². The predicted molar refractivity (Wildman–Crippen MR) is 83.9 cm³/mol. The first-order valence-electron chi connectivity index (χ1n) is 6.30. The third-order valence-electron chi connectivity index (χ3n) is 3.00. The van der Waals surface area contributed by atoms with Crippen molar-refractivity contribution in [2.75, 3.05) is 5.32 Å². The average Bonchev–Trinajstić information content (AvgIpc) is 2.48. The molecule has 0 unspecified atom stereocenters. The van der Waals surface area contributed by atoms with Crippen LogP contribution >= 0.6 is 11.6 Å². The van der Waals surface area contributed by atoms with Crippen molar-refractivity contribution in [1.29, 1.82) is 0 Å². The number of halogens is 1. The molecule has 0 aliphatic heterocycles. The fraction of sp³-hybridized carbons (Fsp3) is 0.0714. The molecule has 118 valence electrons. The molecule has 2 aromatic rings. The summed E-state index contributed by atoms with van der Waals surface area (Å²) in [4.78, 5) is 32.9. The molecule has 23 heavy (non-hydrogen) atoms. The number of rotatable bonds is 4. The van der Waals surface area contributed by atoms with E-state index in [9.17, 15) is 25.0 Å². The van der Waals surface area contributed by atoms with E-state index in [0.717, 1.165) is 6.07 Å². The molecule has 0 aliphatic carbocycles. The van der Waals surface area contributed by atoms with Crippen LogP contribution in [0.5, 0.6) is 0 Å². The number of benzene rings is 2. The molecule has 2 aromatic carbocycles. The molecule has 1 amide bonds. The van der Waals surface area contributed by atoms with Gasteiger partial charge in [-0.3, -0.25) is 25.0 Å². The summed E-state index contributed by atoms with van der Waals surface area (Å²) in [5, 5.41) is 24.5. The Kier molecular flexibility index (Phi) is 4.56.